The van der Waals surface area contributed by atoms with E-state index in [9.17, 15) is 4.39 Å². The van der Waals surface area contributed by atoms with Crippen molar-refractivity contribution in [1.82, 2.24) is 5.43 Å². The minimum atomic E-state index is -0.165. The van der Waals surface area contributed by atoms with Crippen molar-refractivity contribution in [2.75, 3.05) is 6.61 Å². The van der Waals surface area contributed by atoms with Crippen molar-refractivity contribution >= 4 is 0 Å². The van der Waals surface area contributed by atoms with Crippen LogP contribution in [-0.4, -0.2) is 12.2 Å². The van der Waals surface area contributed by atoms with Crippen LogP contribution in [0.2, 0.25) is 0 Å². The lowest BCUT2D eigenvalue weighted by atomic mass is 9.69. The Balaban J connectivity index is 1.81. The van der Waals surface area contributed by atoms with Gasteiger partial charge < -0.3 is 4.74 Å². The van der Waals surface area contributed by atoms with Gasteiger partial charge in [-0.3, -0.25) is 11.3 Å². The van der Waals surface area contributed by atoms with E-state index in [1.807, 2.05) is 19.1 Å². The molecule has 0 amide bonds. The molecule has 0 aromatic heterocycles. The monoisotopic (exact) mass is 278 g/mol. The zero-order chi connectivity index (χ0) is 14.2. The van der Waals surface area contributed by atoms with Gasteiger partial charge in [-0.15, -0.1) is 0 Å². The first-order valence-corrected chi connectivity index (χ1v) is 7.50. The van der Waals surface area contributed by atoms with Crippen molar-refractivity contribution in [2.24, 2.45) is 11.8 Å². The van der Waals surface area contributed by atoms with E-state index < -0.39 is 0 Å². The molecule has 0 bridgehead atoms. The van der Waals surface area contributed by atoms with E-state index in [1.54, 1.807) is 6.07 Å². The lowest BCUT2D eigenvalue weighted by Gasteiger charge is -2.48. The molecule has 1 aromatic rings. The summed E-state index contributed by atoms with van der Waals surface area (Å²) in [6, 6.07) is 5.26. The Morgan fingerprint density at radius 1 is 1.45 bits per heavy atom. The molecule has 3 nitrogen and oxygen atoms in total. The van der Waals surface area contributed by atoms with Crippen LogP contribution >= 0.6 is 0 Å². The van der Waals surface area contributed by atoms with E-state index in [1.165, 1.54) is 6.42 Å². The second kappa shape index (κ2) is 5.43. The molecule has 1 heterocycles. The van der Waals surface area contributed by atoms with Crippen LogP contribution in [0.3, 0.4) is 0 Å². The topological polar surface area (TPSA) is 47.3 Å². The van der Waals surface area contributed by atoms with Crippen LogP contribution in [0.1, 0.15) is 49.3 Å². The summed E-state index contributed by atoms with van der Waals surface area (Å²) >= 11 is 0. The van der Waals surface area contributed by atoms with Gasteiger partial charge in [-0.05, 0) is 56.6 Å². The lowest BCUT2D eigenvalue weighted by Crippen LogP contribution is -2.48. The van der Waals surface area contributed by atoms with Gasteiger partial charge >= 0.3 is 0 Å². The minimum absolute atomic E-state index is 0.0548. The Morgan fingerprint density at radius 2 is 2.25 bits per heavy atom. The van der Waals surface area contributed by atoms with Crippen LogP contribution < -0.4 is 11.3 Å². The third kappa shape index (κ3) is 2.48. The first-order valence-electron chi connectivity index (χ1n) is 7.50. The summed E-state index contributed by atoms with van der Waals surface area (Å²) in [5, 5.41) is 0. The van der Waals surface area contributed by atoms with Gasteiger partial charge in [-0.2, -0.15) is 0 Å². The molecule has 2 aliphatic rings. The van der Waals surface area contributed by atoms with E-state index in [2.05, 4.69) is 5.43 Å². The highest BCUT2D eigenvalue weighted by Gasteiger charge is 2.44. The maximum atomic E-state index is 14.2. The average Bonchev–Trinajstić information content (AvgIpc) is 2.40. The first kappa shape index (κ1) is 14.0. The summed E-state index contributed by atoms with van der Waals surface area (Å²) in [6.45, 7) is 2.66. The van der Waals surface area contributed by atoms with Crippen LogP contribution in [0.15, 0.2) is 18.2 Å². The largest absolute Gasteiger partial charge is 0.375 e. The maximum Gasteiger partial charge on any atom is 0.128 e. The van der Waals surface area contributed by atoms with E-state index in [4.69, 9.17) is 10.6 Å². The third-order valence-electron chi connectivity index (χ3n) is 4.94. The molecule has 1 aliphatic heterocycles. The van der Waals surface area contributed by atoms with E-state index >= 15 is 0 Å². The number of hydrogen-bond acceptors (Lipinski definition) is 3. The molecule has 1 spiro atoms. The van der Waals surface area contributed by atoms with Crippen LogP contribution in [0.4, 0.5) is 4.39 Å². The van der Waals surface area contributed by atoms with Gasteiger partial charge in [0.2, 0.25) is 0 Å². The Bertz CT molecular complexity index is 487. The molecule has 1 aliphatic carbocycles. The number of nitrogens with two attached hydrogens (primary N) is 1. The van der Waals surface area contributed by atoms with Gasteiger partial charge in [0.15, 0.2) is 0 Å². The second-order valence-electron chi connectivity index (χ2n) is 6.31. The Hall–Kier alpha value is -0.970. The number of rotatable bonds is 3. The molecule has 1 aromatic carbocycles. The molecule has 4 heteroatoms. The fourth-order valence-corrected chi connectivity index (χ4v) is 3.63. The molecule has 3 rings (SSSR count). The fourth-order valence-electron chi connectivity index (χ4n) is 3.63. The molecule has 0 radical (unpaired) electrons. The molecule has 2 fully saturated rings. The normalized spacial score (nSPS) is 26.2. The highest BCUT2D eigenvalue weighted by molar-refractivity contribution is 5.27. The van der Waals surface area contributed by atoms with Crippen molar-refractivity contribution in [3.63, 3.8) is 0 Å². The smallest absolute Gasteiger partial charge is 0.128 e. The van der Waals surface area contributed by atoms with Gasteiger partial charge in [-0.25, -0.2) is 4.39 Å². The van der Waals surface area contributed by atoms with E-state index in [0.717, 1.165) is 37.9 Å². The summed E-state index contributed by atoms with van der Waals surface area (Å²) in [5.74, 6) is 5.91. The van der Waals surface area contributed by atoms with Crippen LogP contribution in [0.5, 0.6) is 0 Å². The standard InChI is InChI=1S/C16H23FN2O/c1-11-3-4-13(14(17)9-11)15(19-18)12-5-8-20-16(10-12)6-2-7-16/h3-4,9,12,15,19H,2,5-8,10,18H2,1H3. The molecule has 1 saturated heterocycles. The molecular formula is C16H23FN2O. The molecule has 2 atom stereocenters. The first-order chi connectivity index (χ1) is 9.63. The van der Waals surface area contributed by atoms with Crippen LogP contribution in [0.25, 0.3) is 0 Å². The van der Waals surface area contributed by atoms with Crippen LogP contribution in [0, 0.1) is 18.7 Å². The van der Waals surface area contributed by atoms with Crippen molar-refractivity contribution in [3.8, 4) is 0 Å². The van der Waals surface area contributed by atoms with Gasteiger partial charge in [0.05, 0.1) is 11.6 Å². The number of hydrogen-bond donors (Lipinski definition) is 2. The van der Waals surface area contributed by atoms with Gasteiger partial charge in [0.25, 0.3) is 0 Å². The van der Waals surface area contributed by atoms with Gasteiger partial charge in [0.1, 0.15) is 5.82 Å². The third-order valence-corrected chi connectivity index (χ3v) is 4.94. The minimum Gasteiger partial charge on any atom is -0.375 e. The number of nitrogens with one attached hydrogen (secondary N) is 1. The zero-order valence-corrected chi connectivity index (χ0v) is 12.0. The van der Waals surface area contributed by atoms with Gasteiger partial charge in [0, 0.05) is 12.2 Å². The number of ether oxygens (including phenoxy) is 1. The van der Waals surface area contributed by atoms with Crippen molar-refractivity contribution in [2.45, 2.75) is 50.7 Å². The summed E-state index contributed by atoms with van der Waals surface area (Å²) in [4.78, 5) is 0. The number of halogens is 1. The zero-order valence-electron chi connectivity index (χ0n) is 12.0. The van der Waals surface area contributed by atoms with Crippen molar-refractivity contribution < 1.29 is 9.13 Å². The number of hydrazine groups is 1. The Labute approximate surface area is 119 Å². The van der Waals surface area contributed by atoms with E-state index in [-0.39, 0.29) is 17.5 Å². The summed E-state index contributed by atoms with van der Waals surface area (Å²) in [6.07, 6.45) is 5.43. The average molecular weight is 278 g/mol. The predicted molar refractivity (Wildman–Crippen MR) is 76.5 cm³/mol. The predicted octanol–water partition coefficient (Wildman–Crippen LogP) is 2.99. The van der Waals surface area contributed by atoms with Gasteiger partial charge in [-0.1, -0.05) is 12.1 Å². The number of benzene rings is 1. The molecule has 110 valence electrons. The Morgan fingerprint density at radius 3 is 2.85 bits per heavy atom. The quantitative estimate of drug-likeness (QED) is 0.660. The summed E-state index contributed by atoms with van der Waals surface area (Å²) in [7, 11) is 0. The van der Waals surface area contributed by atoms with Crippen LogP contribution in [-0.2, 0) is 4.74 Å². The van der Waals surface area contributed by atoms with E-state index in [0.29, 0.717) is 11.5 Å². The van der Waals surface area contributed by atoms with Crippen molar-refractivity contribution in [1.29, 1.82) is 0 Å². The second-order valence-corrected chi connectivity index (χ2v) is 6.31. The maximum absolute atomic E-state index is 14.2. The molecule has 2 unspecified atom stereocenters. The highest BCUT2D eigenvalue weighted by Crippen LogP contribution is 2.47. The van der Waals surface area contributed by atoms with Crippen molar-refractivity contribution in [3.05, 3.63) is 35.1 Å². The number of aryl methyl sites for hydroxylation is 1. The Kier molecular flexibility index (Phi) is 3.80. The fraction of sp³-hybridized carbons (Fsp3) is 0.625. The highest BCUT2D eigenvalue weighted by atomic mass is 19.1. The summed E-state index contributed by atoms with van der Waals surface area (Å²) < 4.78 is 20.2. The molecule has 1 saturated carbocycles. The SMILES string of the molecule is Cc1ccc(C(NN)C2CCOC3(CCC3)C2)c(F)c1. The lowest BCUT2D eigenvalue weighted by molar-refractivity contribution is -0.147. The molecular weight excluding hydrogens is 255 g/mol. The molecule has 20 heavy (non-hydrogen) atoms. The summed E-state index contributed by atoms with van der Waals surface area (Å²) in [5.41, 5.74) is 4.51. The molecule has 3 N–H and O–H groups in total.